The zero-order chi connectivity index (χ0) is 25.2. The second kappa shape index (κ2) is 10.3. The van der Waals surface area contributed by atoms with E-state index < -0.39 is 11.7 Å². The zero-order valence-electron chi connectivity index (χ0n) is 19.4. The van der Waals surface area contributed by atoms with Crippen molar-refractivity contribution >= 4 is 23.1 Å². The topological polar surface area (TPSA) is 58.1 Å². The van der Waals surface area contributed by atoms with E-state index in [-0.39, 0.29) is 23.7 Å². The number of nitrogens with zero attached hydrogens (tertiary/aromatic N) is 3. The molecule has 186 valence electrons. The van der Waals surface area contributed by atoms with Crippen molar-refractivity contribution in [3.63, 3.8) is 0 Å². The second-order valence-corrected chi connectivity index (χ2v) is 9.81. The van der Waals surface area contributed by atoms with Crippen LogP contribution in [-0.2, 0) is 6.18 Å². The molecule has 2 unspecified atom stereocenters. The SMILES string of the molecule is CCC1CCCN(C(=O)c2nc(C)sc2-c2ccc(F)cc2)C1CNc1ccc(C(F)(F)F)cn1. The van der Waals surface area contributed by atoms with Gasteiger partial charge in [-0.1, -0.05) is 25.5 Å². The van der Waals surface area contributed by atoms with Crippen LogP contribution in [0.15, 0.2) is 42.6 Å². The molecule has 10 heteroatoms. The first-order valence-electron chi connectivity index (χ1n) is 11.5. The number of likely N-dealkylation sites (tertiary alicyclic amines) is 1. The number of alkyl halides is 3. The van der Waals surface area contributed by atoms with Gasteiger partial charge in [-0.25, -0.2) is 14.4 Å². The normalized spacial score (nSPS) is 18.5. The monoisotopic (exact) mass is 506 g/mol. The van der Waals surface area contributed by atoms with E-state index in [9.17, 15) is 22.4 Å². The summed E-state index contributed by atoms with van der Waals surface area (Å²) in [6.07, 6.45) is -0.977. The predicted octanol–water partition coefficient (Wildman–Crippen LogP) is 6.41. The third kappa shape index (κ3) is 5.63. The molecule has 0 aliphatic carbocycles. The van der Waals surface area contributed by atoms with E-state index in [1.807, 2.05) is 11.8 Å². The second-order valence-electron chi connectivity index (χ2n) is 8.60. The van der Waals surface area contributed by atoms with Gasteiger partial charge >= 0.3 is 6.18 Å². The molecule has 1 N–H and O–H groups in total. The van der Waals surface area contributed by atoms with Crippen molar-refractivity contribution in [1.29, 1.82) is 0 Å². The molecule has 0 saturated carbocycles. The maximum Gasteiger partial charge on any atom is 0.417 e. The molecule has 0 bridgehead atoms. The maximum atomic E-state index is 13.7. The number of nitrogens with one attached hydrogen (secondary N) is 1. The molecule has 3 heterocycles. The number of aromatic nitrogens is 2. The summed E-state index contributed by atoms with van der Waals surface area (Å²) in [5, 5.41) is 3.86. The van der Waals surface area contributed by atoms with Gasteiger partial charge < -0.3 is 10.2 Å². The Bertz CT molecular complexity index is 1160. The Hall–Kier alpha value is -3.01. The molecular weight excluding hydrogens is 480 g/mol. The van der Waals surface area contributed by atoms with Gasteiger partial charge in [-0.05, 0) is 55.5 Å². The van der Waals surface area contributed by atoms with Crippen molar-refractivity contribution in [1.82, 2.24) is 14.9 Å². The van der Waals surface area contributed by atoms with Crippen LogP contribution in [0.25, 0.3) is 10.4 Å². The fourth-order valence-electron chi connectivity index (χ4n) is 4.52. The van der Waals surface area contributed by atoms with Crippen molar-refractivity contribution in [2.24, 2.45) is 5.92 Å². The van der Waals surface area contributed by atoms with Crippen LogP contribution in [-0.4, -0.2) is 39.9 Å². The minimum atomic E-state index is -4.45. The zero-order valence-corrected chi connectivity index (χ0v) is 20.2. The molecule has 35 heavy (non-hydrogen) atoms. The number of hydrogen-bond acceptors (Lipinski definition) is 5. The Morgan fingerprint density at radius 1 is 1.20 bits per heavy atom. The van der Waals surface area contributed by atoms with Crippen LogP contribution >= 0.6 is 11.3 Å². The number of rotatable bonds is 6. The number of piperidine rings is 1. The van der Waals surface area contributed by atoms with E-state index in [0.717, 1.165) is 42.1 Å². The number of hydrogen-bond donors (Lipinski definition) is 1. The van der Waals surface area contributed by atoms with Gasteiger partial charge in [-0.2, -0.15) is 13.2 Å². The molecule has 0 spiro atoms. The summed E-state index contributed by atoms with van der Waals surface area (Å²) in [6, 6.07) is 8.11. The summed E-state index contributed by atoms with van der Waals surface area (Å²) >= 11 is 1.39. The van der Waals surface area contributed by atoms with Crippen molar-refractivity contribution in [3.8, 4) is 10.4 Å². The first-order valence-corrected chi connectivity index (χ1v) is 12.3. The lowest BCUT2D eigenvalue weighted by Gasteiger charge is -2.41. The first kappa shape index (κ1) is 25.1. The van der Waals surface area contributed by atoms with E-state index >= 15 is 0 Å². The highest BCUT2D eigenvalue weighted by Crippen LogP contribution is 2.34. The van der Waals surface area contributed by atoms with E-state index in [0.29, 0.717) is 29.5 Å². The predicted molar refractivity (Wildman–Crippen MR) is 128 cm³/mol. The van der Waals surface area contributed by atoms with Crippen molar-refractivity contribution < 1.29 is 22.4 Å². The summed E-state index contributed by atoms with van der Waals surface area (Å²) in [6.45, 7) is 4.81. The highest BCUT2D eigenvalue weighted by Gasteiger charge is 2.36. The Kier molecular flexibility index (Phi) is 7.39. The van der Waals surface area contributed by atoms with Crippen LogP contribution in [0.2, 0.25) is 0 Å². The quantitative estimate of drug-likeness (QED) is 0.392. The number of aryl methyl sites for hydroxylation is 1. The molecular formula is C25H26F4N4OS. The van der Waals surface area contributed by atoms with Crippen LogP contribution in [0, 0.1) is 18.7 Å². The number of halogens is 4. The van der Waals surface area contributed by atoms with Gasteiger partial charge in [-0.15, -0.1) is 11.3 Å². The Balaban J connectivity index is 1.57. The van der Waals surface area contributed by atoms with Crippen LogP contribution in [0.3, 0.4) is 0 Å². The smallest absolute Gasteiger partial charge is 0.368 e. The molecule has 5 nitrogen and oxygen atoms in total. The molecule has 1 fully saturated rings. The summed E-state index contributed by atoms with van der Waals surface area (Å²) in [5.74, 6) is -0.00215. The number of benzene rings is 1. The van der Waals surface area contributed by atoms with Gasteiger partial charge in [0.25, 0.3) is 5.91 Å². The summed E-state index contributed by atoms with van der Waals surface area (Å²) < 4.78 is 52.0. The van der Waals surface area contributed by atoms with Gasteiger partial charge in [-0.3, -0.25) is 4.79 Å². The average Bonchev–Trinajstić information content (AvgIpc) is 3.23. The minimum Gasteiger partial charge on any atom is -0.368 e. The first-order chi connectivity index (χ1) is 16.7. The maximum absolute atomic E-state index is 13.7. The summed E-state index contributed by atoms with van der Waals surface area (Å²) in [5.41, 5.74) is 0.262. The lowest BCUT2D eigenvalue weighted by atomic mass is 9.86. The third-order valence-corrected chi connectivity index (χ3v) is 7.35. The molecule has 1 aromatic carbocycles. The Labute approximate surface area is 205 Å². The highest BCUT2D eigenvalue weighted by molar-refractivity contribution is 7.15. The van der Waals surface area contributed by atoms with Gasteiger partial charge in [0.05, 0.1) is 21.5 Å². The number of anilines is 1. The minimum absolute atomic E-state index is 0.173. The standard InChI is InChI=1S/C25H26F4N4OS/c1-3-16-5-4-12-33(20(16)14-31-21-11-8-18(13-30-21)25(27,28)29)24(34)22-23(35-15(2)32-22)17-6-9-19(26)10-7-17/h6-11,13,16,20H,3-5,12,14H2,1-2H3,(H,30,31). The fourth-order valence-corrected chi connectivity index (χ4v) is 5.44. The molecule has 4 rings (SSSR count). The number of carbonyl (C=O) groups is 1. The molecule has 2 atom stereocenters. The average molecular weight is 507 g/mol. The third-order valence-electron chi connectivity index (χ3n) is 6.33. The van der Waals surface area contributed by atoms with E-state index in [4.69, 9.17) is 0 Å². The highest BCUT2D eigenvalue weighted by atomic mass is 32.1. The number of amides is 1. The summed E-state index contributed by atoms with van der Waals surface area (Å²) in [4.78, 5) is 24.7. The van der Waals surface area contributed by atoms with Crippen molar-refractivity contribution in [2.45, 2.75) is 45.3 Å². The van der Waals surface area contributed by atoms with Crippen molar-refractivity contribution in [2.75, 3.05) is 18.4 Å². The fraction of sp³-hybridized carbons (Fsp3) is 0.400. The molecule has 1 saturated heterocycles. The van der Waals surface area contributed by atoms with Crippen LogP contribution in [0.5, 0.6) is 0 Å². The van der Waals surface area contributed by atoms with E-state index in [1.54, 1.807) is 12.1 Å². The van der Waals surface area contributed by atoms with Gasteiger partial charge in [0.2, 0.25) is 0 Å². The molecule has 3 aromatic rings. The van der Waals surface area contributed by atoms with E-state index in [2.05, 4.69) is 22.2 Å². The Morgan fingerprint density at radius 3 is 2.57 bits per heavy atom. The largest absolute Gasteiger partial charge is 0.417 e. The van der Waals surface area contributed by atoms with E-state index in [1.165, 1.54) is 29.5 Å². The van der Waals surface area contributed by atoms with Gasteiger partial charge in [0, 0.05) is 19.3 Å². The lowest BCUT2D eigenvalue weighted by Crippen LogP contribution is -2.51. The molecule has 1 aliphatic heterocycles. The number of thiazole rings is 1. The van der Waals surface area contributed by atoms with Crippen LogP contribution in [0.1, 0.15) is 47.2 Å². The number of carbonyl (C=O) groups excluding carboxylic acids is 1. The molecule has 1 aliphatic rings. The van der Waals surface area contributed by atoms with Gasteiger partial charge in [0.1, 0.15) is 17.3 Å². The van der Waals surface area contributed by atoms with Gasteiger partial charge in [0.15, 0.2) is 0 Å². The number of pyridine rings is 1. The molecule has 2 aromatic heterocycles. The van der Waals surface area contributed by atoms with Crippen LogP contribution < -0.4 is 5.32 Å². The lowest BCUT2D eigenvalue weighted by molar-refractivity contribution is -0.137. The van der Waals surface area contributed by atoms with Crippen LogP contribution in [0.4, 0.5) is 23.4 Å². The molecule has 0 radical (unpaired) electrons. The van der Waals surface area contributed by atoms with Crippen molar-refractivity contribution in [3.05, 3.63) is 64.7 Å². The summed E-state index contributed by atoms with van der Waals surface area (Å²) in [7, 11) is 0. The Morgan fingerprint density at radius 2 is 1.94 bits per heavy atom. The molecule has 1 amide bonds.